The average Bonchev–Trinajstić information content (AvgIpc) is 2.85. The van der Waals surface area contributed by atoms with Crippen LogP contribution in [0.4, 0.5) is 5.82 Å². The molecule has 0 saturated carbocycles. The molecule has 82 valence electrons. The topological polar surface area (TPSA) is 63.9 Å². The van der Waals surface area contributed by atoms with Crippen LogP contribution in [0.25, 0.3) is 11.3 Å². The van der Waals surface area contributed by atoms with Crippen LogP contribution < -0.4 is 10.5 Å². The molecular weight excluding hydrogens is 202 g/mol. The van der Waals surface area contributed by atoms with Gasteiger partial charge in [0.05, 0.1) is 12.3 Å². The van der Waals surface area contributed by atoms with E-state index in [1.54, 1.807) is 0 Å². The summed E-state index contributed by atoms with van der Waals surface area (Å²) in [6.45, 7) is 2.85. The Hall–Kier alpha value is -1.97. The minimum absolute atomic E-state index is 0.518. The maximum atomic E-state index is 5.60. The first-order chi connectivity index (χ1) is 7.74. The van der Waals surface area contributed by atoms with Crippen LogP contribution in [-0.4, -0.2) is 16.8 Å². The van der Waals surface area contributed by atoms with Crippen molar-refractivity contribution in [2.75, 3.05) is 12.3 Å². The van der Waals surface area contributed by atoms with Crippen LogP contribution in [0.3, 0.4) is 0 Å². The van der Waals surface area contributed by atoms with Gasteiger partial charge in [-0.1, -0.05) is 0 Å². The van der Waals surface area contributed by atoms with Crippen molar-refractivity contribution < 1.29 is 4.74 Å². The van der Waals surface area contributed by atoms with Crippen LogP contribution in [0.5, 0.6) is 5.75 Å². The van der Waals surface area contributed by atoms with E-state index in [-0.39, 0.29) is 0 Å². The second-order valence-electron chi connectivity index (χ2n) is 4.09. The molecule has 1 aromatic heterocycles. The van der Waals surface area contributed by atoms with Gasteiger partial charge < -0.3 is 10.5 Å². The Balaban J connectivity index is 2.12. The fourth-order valence-corrected chi connectivity index (χ4v) is 2.14. The first-order valence-corrected chi connectivity index (χ1v) is 5.31. The van der Waals surface area contributed by atoms with Gasteiger partial charge in [-0.2, -0.15) is 5.10 Å². The third-order valence-corrected chi connectivity index (χ3v) is 2.88. The minimum atomic E-state index is 0.518. The van der Waals surface area contributed by atoms with Crippen molar-refractivity contribution in [3.05, 3.63) is 29.3 Å². The normalized spacial score (nSPS) is 13.6. The van der Waals surface area contributed by atoms with E-state index in [9.17, 15) is 0 Å². The predicted molar refractivity (Wildman–Crippen MR) is 62.4 cm³/mol. The number of ether oxygens (including phenoxy) is 1. The minimum Gasteiger partial charge on any atom is -0.493 e. The lowest BCUT2D eigenvalue weighted by Gasteiger charge is -2.06. The summed E-state index contributed by atoms with van der Waals surface area (Å²) >= 11 is 0. The number of anilines is 1. The van der Waals surface area contributed by atoms with Crippen molar-refractivity contribution in [1.82, 2.24) is 10.2 Å². The highest BCUT2D eigenvalue weighted by atomic mass is 16.5. The van der Waals surface area contributed by atoms with E-state index in [2.05, 4.69) is 29.3 Å². The third kappa shape index (κ3) is 1.34. The molecule has 1 aromatic carbocycles. The van der Waals surface area contributed by atoms with Crippen molar-refractivity contribution in [3.8, 4) is 17.0 Å². The zero-order valence-electron chi connectivity index (χ0n) is 9.08. The highest BCUT2D eigenvalue weighted by Gasteiger charge is 2.16. The predicted octanol–water partition coefficient (Wildman–Crippen LogP) is 1.90. The molecule has 1 aliphatic rings. The zero-order chi connectivity index (χ0) is 11.1. The van der Waals surface area contributed by atoms with E-state index >= 15 is 0 Å². The van der Waals surface area contributed by atoms with E-state index in [0.717, 1.165) is 35.6 Å². The number of nitrogens with zero attached hydrogens (tertiary/aromatic N) is 1. The van der Waals surface area contributed by atoms with Gasteiger partial charge in [0.15, 0.2) is 0 Å². The molecule has 0 saturated heterocycles. The number of aromatic nitrogens is 2. The number of hydrogen-bond acceptors (Lipinski definition) is 3. The summed E-state index contributed by atoms with van der Waals surface area (Å²) in [7, 11) is 0. The van der Waals surface area contributed by atoms with Crippen molar-refractivity contribution >= 4 is 5.82 Å². The molecule has 2 heterocycles. The first kappa shape index (κ1) is 9.27. The molecule has 3 N–H and O–H groups in total. The molecule has 3 rings (SSSR count). The van der Waals surface area contributed by atoms with Crippen molar-refractivity contribution in [3.63, 3.8) is 0 Å². The summed E-state index contributed by atoms with van der Waals surface area (Å²) in [6, 6.07) is 6.08. The SMILES string of the molecule is Cc1cc(-c2cc(N)n[nH]2)cc2c1OCC2. The molecule has 0 fully saturated rings. The van der Waals surface area contributed by atoms with Crippen molar-refractivity contribution in [2.45, 2.75) is 13.3 Å². The Kier molecular flexibility index (Phi) is 1.89. The van der Waals surface area contributed by atoms with Gasteiger partial charge in [0.2, 0.25) is 0 Å². The fourth-order valence-electron chi connectivity index (χ4n) is 2.14. The Morgan fingerprint density at radius 3 is 3.00 bits per heavy atom. The van der Waals surface area contributed by atoms with Crippen LogP contribution in [0.15, 0.2) is 18.2 Å². The monoisotopic (exact) mass is 215 g/mol. The van der Waals surface area contributed by atoms with Crippen LogP contribution in [0.2, 0.25) is 0 Å². The second-order valence-corrected chi connectivity index (χ2v) is 4.09. The summed E-state index contributed by atoms with van der Waals surface area (Å²) in [4.78, 5) is 0. The van der Waals surface area contributed by atoms with Gasteiger partial charge in [-0.25, -0.2) is 0 Å². The molecule has 16 heavy (non-hydrogen) atoms. The fraction of sp³-hybridized carbons (Fsp3) is 0.250. The number of nitrogen functional groups attached to an aromatic ring is 1. The maximum absolute atomic E-state index is 5.60. The average molecular weight is 215 g/mol. The molecular formula is C12H13N3O. The number of fused-ring (bicyclic) bond motifs is 1. The number of hydrogen-bond donors (Lipinski definition) is 2. The first-order valence-electron chi connectivity index (χ1n) is 5.31. The number of nitrogens with one attached hydrogen (secondary N) is 1. The second kappa shape index (κ2) is 3.27. The van der Waals surface area contributed by atoms with Crippen molar-refractivity contribution in [1.29, 1.82) is 0 Å². The lowest BCUT2D eigenvalue weighted by atomic mass is 10.0. The Morgan fingerprint density at radius 1 is 1.38 bits per heavy atom. The smallest absolute Gasteiger partial charge is 0.145 e. The molecule has 2 aromatic rings. The maximum Gasteiger partial charge on any atom is 0.145 e. The summed E-state index contributed by atoms with van der Waals surface area (Å²) < 4.78 is 5.57. The summed E-state index contributed by atoms with van der Waals surface area (Å²) in [5.41, 5.74) is 10.1. The highest BCUT2D eigenvalue weighted by molar-refractivity contribution is 5.66. The Bertz CT molecular complexity index is 545. The van der Waals surface area contributed by atoms with Crippen LogP contribution in [-0.2, 0) is 6.42 Å². The molecule has 0 bridgehead atoms. The molecule has 0 atom stereocenters. The molecule has 4 heteroatoms. The zero-order valence-corrected chi connectivity index (χ0v) is 9.08. The number of benzene rings is 1. The number of nitrogens with two attached hydrogens (primary N) is 1. The Labute approximate surface area is 93.4 Å². The van der Waals surface area contributed by atoms with E-state index in [1.807, 2.05) is 6.07 Å². The molecule has 0 unspecified atom stereocenters. The number of H-pyrrole nitrogens is 1. The quantitative estimate of drug-likeness (QED) is 0.763. The van der Waals surface area contributed by atoms with Gasteiger partial charge in [0, 0.05) is 18.1 Å². The van der Waals surface area contributed by atoms with E-state index in [4.69, 9.17) is 10.5 Å². The largest absolute Gasteiger partial charge is 0.493 e. The summed E-state index contributed by atoms with van der Waals surface area (Å²) in [6.07, 6.45) is 0.980. The van der Waals surface area contributed by atoms with E-state index in [0.29, 0.717) is 5.82 Å². The standard InChI is InChI=1S/C12H13N3O/c1-7-4-9(10-6-11(13)15-14-10)5-8-2-3-16-12(7)8/h4-6H,2-3H2,1H3,(H3,13,14,15). The Morgan fingerprint density at radius 2 is 2.25 bits per heavy atom. The van der Waals surface area contributed by atoms with Gasteiger partial charge in [-0.15, -0.1) is 0 Å². The van der Waals surface area contributed by atoms with Crippen LogP contribution in [0, 0.1) is 6.92 Å². The molecule has 0 spiro atoms. The summed E-state index contributed by atoms with van der Waals surface area (Å²) in [5, 5.41) is 6.86. The lowest BCUT2D eigenvalue weighted by molar-refractivity contribution is 0.354. The molecule has 0 radical (unpaired) electrons. The van der Waals surface area contributed by atoms with Gasteiger partial charge in [-0.05, 0) is 30.2 Å². The number of rotatable bonds is 1. The van der Waals surface area contributed by atoms with Gasteiger partial charge >= 0.3 is 0 Å². The summed E-state index contributed by atoms with van der Waals surface area (Å²) in [5.74, 6) is 1.56. The van der Waals surface area contributed by atoms with Gasteiger partial charge in [0.1, 0.15) is 11.6 Å². The van der Waals surface area contributed by atoms with Crippen molar-refractivity contribution in [2.24, 2.45) is 0 Å². The molecule has 0 amide bonds. The lowest BCUT2D eigenvalue weighted by Crippen LogP contribution is -1.88. The van der Waals surface area contributed by atoms with E-state index < -0.39 is 0 Å². The number of aryl methyl sites for hydroxylation is 1. The highest BCUT2D eigenvalue weighted by Crippen LogP contribution is 2.33. The number of aromatic amines is 1. The van der Waals surface area contributed by atoms with Crippen LogP contribution in [0.1, 0.15) is 11.1 Å². The van der Waals surface area contributed by atoms with Crippen LogP contribution >= 0.6 is 0 Å². The molecule has 1 aliphatic heterocycles. The molecule has 0 aliphatic carbocycles. The third-order valence-electron chi connectivity index (χ3n) is 2.88. The van der Waals surface area contributed by atoms with Gasteiger partial charge in [0.25, 0.3) is 0 Å². The van der Waals surface area contributed by atoms with E-state index in [1.165, 1.54) is 5.56 Å². The molecule has 4 nitrogen and oxygen atoms in total. The van der Waals surface area contributed by atoms with Gasteiger partial charge in [-0.3, -0.25) is 5.10 Å².